The van der Waals surface area contributed by atoms with Gasteiger partial charge in [0, 0.05) is 17.0 Å². The van der Waals surface area contributed by atoms with E-state index >= 15 is 0 Å². The smallest absolute Gasteiger partial charge is 0.171 e. The molecule has 2 nitrogen and oxygen atoms in total. The van der Waals surface area contributed by atoms with Crippen molar-refractivity contribution < 1.29 is 9.59 Å². The average molecular weight is 424 g/mol. The van der Waals surface area contributed by atoms with Crippen molar-refractivity contribution in [2.75, 3.05) is 0 Å². The van der Waals surface area contributed by atoms with E-state index < -0.39 is 11.8 Å². The van der Waals surface area contributed by atoms with Crippen LogP contribution in [0.1, 0.15) is 55.2 Å². The van der Waals surface area contributed by atoms with Crippen molar-refractivity contribution in [2.24, 2.45) is 0 Å². The summed E-state index contributed by atoms with van der Waals surface area (Å²) >= 11 is 0. The monoisotopic (exact) mass is 424 g/mol. The fourth-order valence-electron chi connectivity index (χ4n) is 6.25. The van der Waals surface area contributed by atoms with Gasteiger partial charge in [-0.15, -0.1) is 0 Å². The molecule has 0 heterocycles. The van der Waals surface area contributed by atoms with Crippen molar-refractivity contribution in [1.82, 2.24) is 0 Å². The number of carbonyl (C=O) groups is 2. The Morgan fingerprint density at radius 2 is 0.939 bits per heavy atom. The second-order valence-corrected chi connectivity index (χ2v) is 9.12. The summed E-state index contributed by atoms with van der Waals surface area (Å²) in [6, 6.07) is 34.4. The molecule has 156 valence electrons. The Balaban J connectivity index is 1.51. The molecule has 1 unspecified atom stereocenters. The van der Waals surface area contributed by atoms with Crippen molar-refractivity contribution in [2.45, 2.75) is 17.8 Å². The lowest BCUT2D eigenvalue weighted by atomic mass is 9.71. The lowest BCUT2D eigenvalue weighted by Crippen LogP contribution is -2.25. The first kappa shape index (κ1) is 18.5. The van der Waals surface area contributed by atoms with Gasteiger partial charge >= 0.3 is 0 Å². The zero-order chi connectivity index (χ0) is 22.1. The molecule has 0 aromatic heterocycles. The highest BCUT2D eigenvalue weighted by Crippen LogP contribution is 2.54. The van der Waals surface area contributed by atoms with Crippen molar-refractivity contribution in [3.8, 4) is 0 Å². The molecule has 7 rings (SSSR count). The Morgan fingerprint density at radius 1 is 0.485 bits per heavy atom. The van der Waals surface area contributed by atoms with Crippen molar-refractivity contribution in [1.29, 1.82) is 0 Å². The van der Waals surface area contributed by atoms with Gasteiger partial charge in [-0.2, -0.15) is 0 Å². The molecular weight excluding hydrogens is 404 g/mol. The number of benzene rings is 5. The maximum atomic E-state index is 14.0. The summed E-state index contributed by atoms with van der Waals surface area (Å²) < 4.78 is 0. The van der Waals surface area contributed by atoms with Gasteiger partial charge in [-0.3, -0.25) is 9.59 Å². The lowest BCUT2D eigenvalue weighted by molar-refractivity contribution is 0.0911. The number of carbonyl (C=O) groups excluding carboxylic acids is 2. The molecule has 0 N–H and O–H groups in total. The Kier molecular flexibility index (Phi) is 3.78. The third-order valence-electron chi connectivity index (χ3n) is 7.54. The maximum absolute atomic E-state index is 14.0. The van der Waals surface area contributed by atoms with E-state index in [-0.39, 0.29) is 17.5 Å². The van der Waals surface area contributed by atoms with E-state index in [0.29, 0.717) is 0 Å². The van der Waals surface area contributed by atoms with Crippen molar-refractivity contribution in [3.63, 3.8) is 0 Å². The van der Waals surface area contributed by atoms with E-state index in [0.717, 1.165) is 49.4 Å². The Labute approximate surface area is 191 Å². The quantitative estimate of drug-likeness (QED) is 0.311. The van der Waals surface area contributed by atoms with Crippen LogP contribution in [0.2, 0.25) is 0 Å². The fourth-order valence-corrected chi connectivity index (χ4v) is 6.25. The molecular formula is C31H20O2. The van der Waals surface area contributed by atoms with Crippen LogP contribution in [0, 0.1) is 0 Å². The highest BCUT2D eigenvalue weighted by molar-refractivity contribution is 6.21. The third-order valence-corrected chi connectivity index (χ3v) is 7.54. The molecule has 0 saturated carbocycles. The summed E-state index contributed by atoms with van der Waals surface area (Å²) in [7, 11) is 0. The molecule has 33 heavy (non-hydrogen) atoms. The van der Waals surface area contributed by atoms with Crippen LogP contribution in [0.3, 0.4) is 0 Å². The first-order valence-electron chi connectivity index (χ1n) is 11.4. The van der Waals surface area contributed by atoms with Gasteiger partial charge in [0.15, 0.2) is 11.6 Å². The van der Waals surface area contributed by atoms with Gasteiger partial charge in [-0.1, -0.05) is 103 Å². The van der Waals surface area contributed by atoms with Crippen LogP contribution in [0.5, 0.6) is 0 Å². The lowest BCUT2D eigenvalue weighted by Gasteiger charge is -2.29. The topological polar surface area (TPSA) is 34.1 Å². The standard InChI is InChI=1S/C31H20O2/c32-30-23-16-6-12-18-10-4-14-21(25(18)23)28(30)27(20-8-2-1-3-9-20)29-22-15-5-11-19-13-7-17-24(26(19)22)31(29)33/h1-17,27-29H/t27?,28-,29+. The normalized spacial score (nSPS) is 19.5. The largest absolute Gasteiger partial charge is 0.293 e. The minimum Gasteiger partial charge on any atom is -0.293 e. The summed E-state index contributed by atoms with van der Waals surface area (Å²) in [5.41, 5.74) is 4.66. The number of hydrogen-bond donors (Lipinski definition) is 0. The number of ketones is 2. The maximum Gasteiger partial charge on any atom is 0.171 e. The zero-order valence-electron chi connectivity index (χ0n) is 17.9. The first-order chi connectivity index (χ1) is 16.2. The summed E-state index contributed by atoms with van der Waals surface area (Å²) in [5.74, 6) is -0.834. The van der Waals surface area contributed by atoms with Crippen LogP contribution in [0.4, 0.5) is 0 Å². The van der Waals surface area contributed by atoms with Gasteiger partial charge in [-0.05, 0) is 38.2 Å². The third kappa shape index (κ3) is 2.44. The molecule has 0 fully saturated rings. The van der Waals surface area contributed by atoms with Crippen LogP contribution in [0.15, 0.2) is 103 Å². The number of Topliss-reactive ketones (excluding diaryl/α,β-unsaturated/α-hetero) is 2. The molecule has 0 aliphatic heterocycles. The van der Waals surface area contributed by atoms with Gasteiger partial charge in [-0.25, -0.2) is 0 Å². The molecule has 2 heteroatoms. The minimum absolute atomic E-state index is 0.117. The molecule has 3 atom stereocenters. The molecule has 0 bridgehead atoms. The van der Waals surface area contributed by atoms with Crippen molar-refractivity contribution >= 4 is 33.1 Å². The average Bonchev–Trinajstić information content (AvgIpc) is 3.31. The zero-order valence-corrected chi connectivity index (χ0v) is 17.9. The Morgan fingerprint density at radius 3 is 1.42 bits per heavy atom. The van der Waals surface area contributed by atoms with Gasteiger partial charge in [0.25, 0.3) is 0 Å². The second kappa shape index (κ2) is 6.73. The minimum atomic E-state index is -0.396. The van der Waals surface area contributed by atoms with E-state index in [1.165, 1.54) is 0 Å². The van der Waals surface area contributed by atoms with Gasteiger partial charge in [0.1, 0.15) is 0 Å². The second-order valence-electron chi connectivity index (χ2n) is 9.12. The van der Waals surface area contributed by atoms with Crippen LogP contribution in [0.25, 0.3) is 21.5 Å². The Bertz CT molecular complexity index is 1500. The van der Waals surface area contributed by atoms with Crippen molar-refractivity contribution in [3.05, 3.63) is 131 Å². The first-order valence-corrected chi connectivity index (χ1v) is 11.4. The van der Waals surface area contributed by atoms with Crippen LogP contribution in [-0.4, -0.2) is 11.6 Å². The van der Waals surface area contributed by atoms with E-state index in [9.17, 15) is 9.59 Å². The highest BCUT2D eigenvalue weighted by atomic mass is 16.1. The predicted octanol–water partition coefficient (Wildman–Crippen LogP) is 7.04. The summed E-state index contributed by atoms with van der Waals surface area (Å²) in [5, 5.41) is 4.24. The van der Waals surface area contributed by atoms with Gasteiger partial charge in [0.2, 0.25) is 0 Å². The summed E-state index contributed by atoms with van der Waals surface area (Å²) in [6.45, 7) is 0. The van der Waals surface area contributed by atoms with Gasteiger partial charge in [0.05, 0.1) is 11.8 Å². The van der Waals surface area contributed by atoms with E-state index in [2.05, 4.69) is 48.5 Å². The number of hydrogen-bond acceptors (Lipinski definition) is 2. The molecule has 5 aromatic rings. The summed E-state index contributed by atoms with van der Waals surface area (Å²) in [6.07, 6.45) is 0. The molecule has 0 amide bonds. The van der Waals surface area contributed by atoms with Crippen LogP contribution in [-0.2, 0) is 0 Å². The predicted molar refractivity (Wildman–Crippen MR) is 131 cm³/mol. The molecule has 0 spiro atoms. The molecule has 5 aromatic carbocycles. The van der Waals surface area contributed by atoms with E-state index in [1.54, 1.807) is 0 Å². The van der Waals surface area contributed by atoms with Crippen LogP contribution >= 0.6 is 0 Å². The molecule has 0 radical (unpaired) electrons. The number of rotatable bonds is 3. The molecule has 2 aliphatic rings. The van der Waals surface area contributed by atoms with E-state index in [1.807, 2.05) is 54.6 Å². The fraction of sp³-hybridized carbons (Fsp3) is 0.0968. The van der Waals surface area contributed by atoms with E-state index in [4.69, 9.17) is 0 Å². The summed E-state index contributed by atoms with van der Waals surface area (Å²) in [4.78, 5) is 27.9. The molecule has 2 aliphatic carbocycles. The SMILES string of the molecule is O=C1c2cccc3cccc(c23)[C@@H]1C(c1ccccc1)[C@H]1C(=O)c2cccc3cccc1c23. The highest BCUT2D eigenvalue weighted by Gasteiger charge is 2.47. The molecule has 0 saturated heterocycles. The van der Waals surface area contributed by atoms with Gasteiger partial charge < -0.3 is 0 Å². The van der Waals surface area contributed by atoms with Crippen LogP contribution < -0.4 is 0 Å². The Hall–Kier alpha value is -4.04.